The molecule has 1 rings (SSSR count). The van der Waals surface area contributed by atoms with Gasteiger partial charge in [0.25, 0.3) is 0 Å². The average Bonchev–Trinajstić information content (AvgIpc) is 2.53. The molecule has 1 aromatic rings. The summed E-state index contributed by atoms with van der Waals surface area (Å²) in [6, 6.07) is 8.24. The summed E-state index contributed by atoms with van der Waals surface area (Å²) in [4.78, 5) is 0. The third-order valence-corrected chi connectivity index (χ3v) is 3.49. The van der Waals surface area contributed by atoms with Gasteiger partial charge in [-0.25, -0.2) is 0 Å². The number of benzene rings is 1. The molecule has 0 bridgehead atoms. The lowest BCUT2D eigenvalue weighted by molar-refractivity contribution is 0.337. The monoisotopic (exact) mass is 392 g/mol. The summed E-state index contributed by atoms with van der Waals surface area (Å²) in [7, 11) is 0. The maximum atomic E-state index is 9.43. The minimum atomic E-state index is -0.00857. The van der Waals surface area contributed by atoms with E-state index < -0.39 is 0 Å². The highest BCUT2D eigenvalue weighted by Gasteiger charge is 1.98. The van der Waals surface area contributed by atoms with Gasteiger partial charge in [0.15, 0.2) is 0 Å². The predicted molar refractivity (Wildman–Crippen MR) is 98.9 cm³/mol. The molecule has 110 valence electrons. The Hall–Kier alpha value is -1.23. The molecular weight excluding hydrogens is 371 g/mol. The molecule has 0 saturated carbocycles. The lowest BCUT2D eigenvalue weighted by Gasteiger charge is -2.03. The van der Waals surface area contributed by atoms with E-state index in [1.807, 2.05) is 18.2 Å². The molecule has 0 fully saturated rings. The molecule has 0 unspecified atom stereocenters. The molecular formula is C19H21IO. The van der Waals surface area contributed by atoms with Crippen molar-refractivity contribution in [2.45, 2.75) is 39.0 Å². The van der Waals surface area contributed by atoms with Crippen molar-refractivity contribution in [3.05, 3.63) is 41.0 Å². The molecule has 0 saturated heterocycles. The fraction of sp³-hybridized carbons (Fsp3) is 0.368. The van der Waals surface area contributed by atoms with Crippen LogP contribution in [0.5, 0.6) is 0 Å². The van der Waals surface area contributed by atoms with E-state index in [4.69, 9.17) is 0 Å². The van der Waals surface area contributed by atoms with Gasteiger partial charge in [-0.3, -0.25) is 0 Å². The van der Waals surface area contributed by atoms with Gasteiger partial charge in [-0.05, 0) is 40.4 Å². The summed E-state index contributed by atoms with van der Waals surface area (Å²) in [6.45, 7) is 2.13. The number of hydrogen-bond donors (Lipinski definition) is 1. The zero-order valence-corrected chi connectivity index (χ0v) is 14.6. The maximum absolute atomic E-state index is 9.43. The molecule has 0 aliphatic rings. The molecule has 0 aliphatic carbocycles. The molecule has 0 heterocycles. The van der Waals surface area contributed by atoms with Crippen LogP contribution in [-0.4, -0.2) is 11.7 Å². The van der Waals surface area contributed by atoms with Gasteiger partial charge >= 0.3 is 0 Å². The van der Waals surface area contributed by atoms with Crippen LogP contribution >= 0.6 is 22.6 Å². The Labute approximate surface area is 142 Å². The molecule has 2 heteroatoms. The Morgan fingerprint density at radius 3 is 2.57 bits per heavy atom. The standard InChI is InChI=1S/C19H21IO/c1-2-18-12-8-9-13-19(18)15-17(16-21)11-7-5-3-4-6-10-14-20/h8-9,12-13,15,21H,2-6,16H2,1H3/b17-15+. The van der Waals surface area contributed by atoms with Crippen LogP contribution in [0.4, 0.5) is 0 Å². The van der Waals surface area contributed by atoms with E-state index in [0.717, 1.165) is 43.2 Å². The van der Waals surface area contributed by atoms with Gasteiger partial charge in [0.2, 0.25) is 0 Å². The fourth-order valence-electron chi connectivity index (χ4n) is 1.96. The summed E-state index contributed by atoms with van der Waals surface area (Å²) in [5.74, 6) is 9.27. The number of aliphatic hydroxyl groups excluding tert-OH is 1. The first kappa shape index (κ1) is 17.8. The summed E-state index contributed by atoms with van der Waals surface area (Å²) >= 11 is 2.06. The van der Waals surface area contributed by atoms with Crippen LogP contribution in [0.1, 0.15) is 43.7 Å². The lowest BCUT2D eigenvalue weighted by atomic mass is 10.0. The van der Waals surface area contributed by atoms with Crippen LogP contribution in [-0.2, 0) is 6.42 Å². The van der Waals surface area contributed by atoms with Crippen molar-refractivity contribution in [3.63, 3.8) is 0 Å². The van der Waals surface area contributed by atoms with Gasteiger partial charge < -0.3 is 5.11 Å². The highest BCUT2D eigenvalue weighted by molar-refractivity contribution is 14.1. The van der Waals surface area contributed by atoms with Crippen LogP contribution in [0, 0.1) is 21.7 Å². The molecule has 0 radical (unpaired) electrons. The van der Waals surface area contributed by atoms with Crippen molar-refractivity contribution in [2.75, 3.05) is 6.61 Å². The topological polar surface area (TPSA) is 20.2 Å². The third kappa shape index (κ3) is 7.37. The minimum Gasteiger partial charge on any atom is -0.391 e. The lowest BCUT2D eigenvalue weighted by Crippen LogP contribution is -1.90. The molecule has 1 nitrogen and oxygen atoms in total. The van der Waals surface area contributed by atoms with E-state index in [1.165, 1.54) is 5.56 Å². The second kappa shape index (κ2) is 11.4. The Morgan fingerprint density at radius 1 is 1.19 bits per heavy atom. The maximum Gasteiger partial charge on any atom is 0.0760 e. The van der Waals surface area contributed by atoms with E-state index in [9.17, 15) is 5.11 Å². The summed E-state index contributed by atoms with van der Waals surface area (Å²) in [5.41, 5.74) is 3.21. The number of aryl methyl sites for hydroxylation is 1. The van der Waals surface area contributed by atoms with Crippen molar-refractivity contribution in [3.8, 4) is 21.7 Å². The smallest absolute Gasteiger partial charge is 0.0760 e. The second-order valence-electron chi connectivity index (χ2n) is 4.66. The van der Waals surface area contributed by atoms with Gasteiger partial charge in [0.1, 0.15) is 0 Å². The van der Waals surface area contributed by atoms with Crippen LogP contribution in [0.25, 0.3) is 6.08 Å². The number of rotatable bonds is 6. The Balaban J connectivity index is 2.61. The van der Waals surface area contributed by atoms with Crippen molar-refractivity contribution < 1.29 is 5.11 Å². The van der Waals surface area contributed by atoms with Crippen molar-refractivity contribution >= 4 is 28.7 Å². The van der Waals surface area contributed by atoms with Crippen LogP contribution < -0.4 is 0 Å². The summed E-state index contributed by atoms with van der Waals surface area (Å²) in [6.07, 6.45) is 6.92. The SMILES string of the molecule is CCc1ccccc1/C=C(\C#CCCCCC#CI)CO. The van der Waals surface area contributed by atoms with Gasteiger partial charge in [-0.1, -0.05) is 49.0 Å². The van der Waals surface area contributed by atoms with Gasteiger partial charge in [-0.15, -0.1) is 0 Å². The Kier molecular flexibility index (Phi) is 9.70. The van der Waals surface area contributed by atoms with E-state index in [1.54, 1.807) is 0 Å². The predicted octanol–water partition coefficient (Wildman–Crippen LogP) is 4.58. The van der Waals surface area contributed by atoms with Crippen LogP contribution in [0.15, 0.2) is 29.8 Å². The zero-order valence-electron chi connectivity index (χ0n) is 12.5. The Bertz CT molecular complexity index is 579. The Morgan fingerprint density at radius 2 is 1.90 bits per heavy atom. The van der Waals surface area contributed by atoms with E-state index in [2.05, 4.69) is 63.3 Å². The summed E-state index contributed by atoms with van der Waals surface area (Å²) < 4.78 is 2.87. The number of hydrogen-bond acceptors (Lipinski definition) is 1. The quantitative estimate of drug-likeness (QED) is 0.427. The zero-order chi connectivity index (χ0) is 15.3. The molecule has 1 aromatic carbocycles. The van der Waals surface area contributed by atoms with Crippen molar-refractivity contribution in [2.24, 2.45) is 0 Å². The number of unbranched alkanes of at least 4 members (excludes halogenated alkanes) is 3. The first-order valence-electron chi connectivity index (χ1n) is 7.28. The normalized spacial score (nSPS) is 10.3. The first-order chi connectivity index (χ1) is 10.3. The van der Waals surface area contributed by atoms with E-state index in [0.29, 0.717) is 0 Å². The molecule has 0 amide bonds. The second-order valence-corrected chi connectivity index (χ2v) is 5.20. The van der Waals surface area contributed by atoms with Gasteiger partial charge in [0, 0.05) is 41.0 Å². The van der Waals surface area contributed by atoms with Crippen LogP contribution in [0.3, 0.4) is 0 Å². The average molecular weight is 392 g/mol. The molecule has 0 spiro atoms. The largest absolute Gasteiger partial charge is 0.391 e. The van der Waals surface area contributed by atoms with E-state index >= 15 is 0 Å². The first-order valence-corrected chi connectivity index (χ1v) is 8.36. The highest BCUT2D eigenvalue weighted by atomic mass is 127. The number of aliphatic hydroxyl groups is 1. The fourth-order valence-corrected chi connectivity index (χ4v) is 2.23. The molecule has 21 heavy (non-hydrogen) atoms. The third-order valence-electron chi connectivity index (χ3n) is 3.11. The molecule has 1 N–H and O–H groups in total. The molecule has 0 aromatic heterocycles. The molecule has 0 atom stereocenters. The van der Waals surface area contributed by atoms with E-state index in [-0.39, 0.29) is 6.61 Å². The highest BCUT2D eigenvalue weighted by Crippen LogP contribution is 2.13. The van der Waals surface area contributed by atoms with Gasteiger partial charge in [0.05, 0.1) is 6.61 Å². The minimum absolute atomic E-state index is 0.00857. The van der Waals surface area contributed by atoms with Crippen molar-refractivity contribution in [1.29, 1.82) is 0 Å². The van der Waals surface area contributed by atoms with Crippen molar-refractivity contribution in [1.82, 2.24) is 0 Å². The summed E-state index contributed by atoms with van der Waals surface area (Å²) in [5, 5.41) is 9.43. The van der Waals surface area contributed by atoms with Gasteiger partial charge in [-0.2, -0.15) is 0 Å². The number of halogens is 1. The molecule has 0 aliphatic heterocycles. The van der Waals surface area contributed by atoms with Crippen LogP contribution in [0.2, 0.25) is 0 Å².